The van der Waals surface area contributed by atoms with Gasteiger partial charge in [0.2, 0.25) is 11.8 Å². The molecule has 0 fully saturated rings. The minimum absolute atomic E-state index is 0.0406. The van der Waals surface area contributed by atoms with Crippen LogP contribution in [0.1, 0.15) is 45.8 Å². The number of rotatable bonds is 5. The Bertz CT molecular complexity index is 1340. The Balaban J connectivity index is 1.38. The van der Waals surface area contributed by atoms with E-state index in [2.05, 4.69) is 10.6 Å². The zero-order chi connectivity index (χ0) is 23.8. The molecule has 1 atom stereocenters. The van der Waals surface area contributed by atoms with E-state index in [9.17, 15) is 19.2 Å². The number of para-hydroxylation sites is 1. The summed E-state index contributed by atoms with van der Waals surface area (Å²) in [4.78, 5) is 53.8. The standard InChI is InChI=1S/C26H22N4O4/c1-16(31)27-17-7-6-8-18(15-17)28-23(32)13-14-29-24-19-9-2-3-10-20(19)26(34)30(24)22-12-5-4-11-21(22)25(29)33/h2-12,15,24H,13-14H2,1H3,(H,27,31)(H,28,32)/t24-/m1/s1. The predicted molar refractivity (Wildman–Crippen MR) is 127 cm³/mol. The monoisotopic (exact) mass is 454 g/mol. The summed E-state index contributed by atoms with van der Waals surface area (Å²) in [5.41, 5.74) is 3.43. The first-order chi connectivity index (χ1) is 16.4. The van der Waals surface area contributed by atoms with Gasteiger partial charge in [0.05, 0.1) is 11.3 Å². The van der Waals surface area contributed by atoms with Gasteiger partial charge in [-0.05, 0) is 36.4 Å². The Hall–Kier alpha value is -4.46. The topological polar surface area (TPSA) is 98.8 Å². The molecule has 0 bridgehead atoms. The molecule has 2 N–H and O–H groups in total. The van der Waals surface area contributed by atoms with Gasteiger partial charge in [0.25, 0.3) is 11.8 Å². The predicted octanol–water partition coefficient (Wildman–Crippen LogP) is 3.79. The molecule has 4 amide bonds. The van der Waals surface area contributed by atoms with E-state index in [-0.39, 0.29) is 36.6 Å². The van der Waals surface area contributed by atoms with Crippen molar-refractivity contribution in [3.8, 4) is 0 Å². The summed E-state index contributed by atoms with van der Waals surface area (Å²) in [5.74, 6) is -0.870. The van der Waals surface area contributed by atoms with Crippen molar-refractivity contribution < 1.29 is 19.2 Å². The van der Waals surface area contributed by atoms with Crippen molar-refractivity contribution in [1.82, 2.24) is 4.90 Å². The van der Waals surface area contributed by atoms with E-state index in [4.69, 9.17) is 0 Å². The molecule has 0 spiro atoms. The molecule has 3 aromatic rings. The van der Waals surface area contributed by atoms with Gasteiger partial charge >= 0.3 is 0 Å². The second-order valence-corrected chi connectivity index (χ2v) is 8.21. The zero-order valence-electron chi connectivity index (χ0n) is 18.4. The van der Waals surface area contributed by atoms with Gasteiger partial charge in [-0.3, -0.25) is 24.1 Å². The number of fused-ring (bicyclic) bond motifs is 5. The SMILES string of the molecule is CC(=O)Nc1cccc(NC(=O)CCN2C(=O)c3ccccc3N3C(=O)c4ccccc4[C@H]23)c1. The largest absolute Gasteiger partial charge is 0.326 e. The summed E-state index contributed by atoms with van der Waals surface area (Å²) in [6, 6.07) is 21.1. The molecule has 2 aliphatic heterocycles. The first-order valence-electron chi connectivity index (χ1n) is 10.9. The molecule has 0 aromatic heterocycles. The van der Waals surface area contributed by atoms with Crippen LogP contribution in [0.15, 0.2) is 72.8 Å². The first kappa shape index (κ1) is 21.4. The van der Waals surface area contributed by atoms with E-state index in [1.807, 2.05) is 12.1 Å². The van der Waals surface area contributed by atoms with E-state index in [1.54, 1.807) is 70.5 Å². The summed E-state index contributed by atoms with van der Waals surface area (Å²) in [6.07, 6.45) is -0.555. The lowest BCUT2D eigenvalue weighted by molar-refractivity contribution is -0.116. The van der Waals surface area contributed by atoms with Crippen LogP contribution < -0.4 is 15.5 Å². The number of hydrogen-bond acceptors (Lipinski definition) is 4. The van der Waals surface area contributed by atoms with E-state index < -0.39 is 6.17 Å². The molecule has 3 aromatic carbocycles. The quantitative estimate of drug-likeness (QED) is 0.613. The normalized spacial score (nSPS) is 16.0. The summed E-state index contributed by atoms with van der Waals surface area (Å²) < 4.78 is 0. The summed E-state index contributed by atoms with van der Waals surface area (Å²) in [7, 11) is 0. The first-order valence-corrected chi connectivity index (χ1v) is 10.9. The number of anilines is 3. The number of carbonyl (C=O) groups excluding carboxylic acids is 4. The van der Waals surface area contributed by atoms with Gasteiger partial charge in [0.1, 0.15) is 6.17 Å². The lowest BCUT2D eigenvalue weighted by atomic mass is 10.0. The molecule has 0 radical (unpaired) electrons. The Morgan fingerprint density at radius 2 is 1.50 bits per heavy atom. The number of nitrogens with zero attached hydrogens (tertiary/aromatic N) is 2. The van der Waals surface area contributed by atoms with Crippen LogP contribution in [0.3, 0.4) is 0 Å². The number of nitrogens with one attached hydrogen (secondary N) is 2. The molecule has 2 heterocycles. The Morgan fingerprint density at radius 3 is 2.26 bits per heavy atom. The van der Waals surface area contributed by atoms with Gasteiger partial charge < -0.3 is 15.5 Å². The molecule has 170 valence electrons. The molecular weight excluding hydrogens is 432 g/mol. The van der Waals surface area contributed by atoms with Crippen LogP contribution >= 0.6 is 0 Å². The van der Waals surface area contributed by atoms with Gasteiger partial charge in [-0.15, -0.1) is 0 Å². The highest BCUT2D eigenvalue weighted by Crippen LogP contribution is 2.45. The molecular formula is C26H22N4O4. The molecule has 0 saturated heterocycles. The second-order valence-electron chi connectivity index (χ2n) is 8.21. The third-order valence-electron chi connectivity index (χ3n) is 5.93. The van der Waals surface area contributed by atoms with E-state index in [1.165, 1.54) is 6.92 Å². The maximum absolute atomic E-state index is 13.4. The summed E-state index contributed by atoms with van der Waals surface area (Å²) in [6.45, 7) is 1.54. The average Bonchev–Trinajstić information content (AvgIpc) is 3.12. The fourth-order valence-corrected chi connectivity index (χ4v) is 4.52. The van der Waals surface area contributed by atoms with Crippen molar-refractivity contribution in [3.05, 3.63) is 89.5 Å². The van der Waals surface area contributed by atoms with Crippen LogP contribution in [0.25, 0.3) is 0 Å². The molecule has 0 unspecified atom stereocenters. The van der Waals surface area contributed by atoms with Crippen LogP contribution in [-0.2, 0) is 9.59 Å². The second kappa shape index (κ2) is 8.47. The van der Waals surface area contributed by atoms with E-state index in [0.29, 0.717) is 28.2 Å². The van der Waals surface area contributed by atoms with Crippen LogP contribution in [0, 0.1) is 0 Å². The molecule has 8 heteroatoms. The van der Waals surface area contributed by atoms with Crippen molar-refractivity contribution in [2.75, 3.05) is 22.1 Å². The van der Waals surface area contributed by atoms with Crippen molar-refractivity contribution in [1.29, 1.82) is 0 Å². The fourth-order valence-electron chi connectivity index (χ4n) is 4.52. The highest BCUT2D eigenvalue weighted by atomic mass is 16.2. The smallest absolute Gasteiger partial charge is 0.260 e. The highest BCUT2D eigenvalue weighted by molar-refractivity contribution is 6.16. The fraction of sp³-hybridized carbons (Fsp3) is 0.154. The lowest BCUT2D eigenvalue weighted by Crippen LogP contribution is -2.48. The number of carbonyl (C=O) groups is 4. The Labute approximate surface area is 196 Å². The van der Waals surface area contributed by atoms with Crippen molar-refractivity contribution in [2.45, 2.75) is 19.5 Å². The van der Waals surface area contributed by atoms with Crippen molar-refractivity contribution in [3.63, 3.8) is 0 Å². The Morgan fingerprint density at radius 1 is 0.824 bits per heavy atom. The van der Waals surface area contributed by atoms with Crippen LogP contribution in [0.4, 0.5) is 17.1 Å². The molecule has 8 nitrogen and oxygen atoms in total. The van der Waals surface area contributed by atoms with Crippen LogP contribution in [0.2, 0.25) is 0 Å². The van der Waals surface area contributed by atoms with Gasteiger partial charge in [0.15, 0.2) is 0 Å². The van der Waals surface area contributed by atoms with Crippen molar-refractivity contribution in [2.24, 2.45) is 0 Å². The van der Waals surface area contributed by atoms with Gasteiger partial charge in [0, 0.05) is 42.4 Å². The van der Waals surface area contributed by atoms with Gasteiger partial charge in [-0.25, -0.2) is 0 Å². The number of hydrogen-bond donors (Lipinski definition) is 2. The average molecular weight is 454 g/mol. The third kappa shape index (κ3) is 3.69. The molecule has 5 rings (SSSR count). The highest BCUT2D eigenvalue weighted by Gasteiger charge is 2.47. The summed E-state index contributed by atoms with van der Waals surface area (Å²) in [5, 5.41) is 5.48. The number of amides is 4. The van der Waals surface area contributed by atoms with Crippen LogP contribution in [0.5, 0.6) is 0 Å². The van der Waals surface area contributed by atoms with Gasteiger partial charge in [-0.1, -0.05) is 36.4 Å². The molecule has 0 saturated carbocycles. The van der Waals surface area contributed by atoms with Gasteiger partial charge in [-0.2, -0.15) is 0 Å². The Kier molecular flexibility index (Phi) is 5.33. The van der Waals surface area contributed by atoms with E-state index >= 15 is 0 Å². The third-order valence-corrected chi connectivity index (χ3v) is 5.93. The molecule has 2 aliphatic rings. The minimum atomic E-state index is -0.595. The molecule has 34 heavy (non-hydrogen) atoms. The number of benzene rings is 3. The minimum Gasteiger partial charge on any atom is -0.326 e. The maximum Gasteiger partial charge on any atom is 0.260 e. The van der Waals surface area contributed by atoms with Crippen molar-refractivity contribution >= 4 is 40.7 Å². The van der Waals surface area contributed by atoms with E-state index in [0.717, 1.165) is 5.56 Å². The lowest BCUT2D eigenvalue weighted by Gasteiger charge is -2.40. The zero-order valence-corrected chi connectivity index (χ0v) is 18.4. The molecule has 0 aliphatic carbocycles. The maximum atomic E-state index is 13.4. The van der Waals surface area contributed by atoms with Crippen LogP contribution in [-0.4, -0.2) is 35.1 Å². The summed E-state index contributed by atoms with van der Waals surface area (Å²) >= 11 is 0.